The number of hydrogen-bond donors (Lipinski definition) is 1. The van der Waals surface area contributed by atoms with Gasteiger partial charge in [0, 0.05) is 6.42 Å². The minimum Gasteiger partial charge on any atom is -0.480 e. The SMILES string of the molecule is CCC=CCCC(=O)C(C(C)=O)C(=O)O. The Morgan fingerprint density at radius 1 is 1.27 bits per heavy atom. The maximum Gasteiger partial charge on any atom is 0.321 e. The molecule has 0 radical (unpaired) electrons. The predicted molar refractivity (Wildman–Crippen MR) is 55.5 cm³/mol. The minimum atomic E-state index is -1.49. The Morgan fingerprint density at radius 3 is 2.27 bits per heavy atom. The van der Waals surface area contributed by atoms with Crippen LogP contribution < -0.4 is 0 Å². The number of carboxylic acids is 1. The van der Waals surface area contributed by atoms with Crippen LogP contribution in [0.2, 0.25) is 0 Å². The van der Waals surface area contributed by atoms with E-state index in [9.17, 15) is 14.4 Å². The largest absolute Gasteiger partial charge is 0.480 e. The van der Waals surface area contributed by atoms with E-state index in [-0.39, 0.29) is 6.42 Å². The first-order valence-electron chi connectivity index (χ1n) is 4.91. The third-order valence-electron chi connectivity index (χ3n) is 1.94. The molecule has 0 bridgehead atoms. The molecule has 15 heavy (non-hydrogen) atoms. The van der Waals surface area contributed by atoms with E-state index in [1.807, 2.05) is 19.1 Å². The second-order valence-electron chi connectivity index (χ2n) is 3.27. The zero-order chi connectivity index (χ0) is 11.8. The van der Waals surface area contributed by atoms with Gasteiger partial charge in [-0.1, -0.05) is 19.1 Å². The molecule has 84 valence electrons. The standard InChI is InChI=1S/C11H16O4/c1-3-4-5-6-7-9(13)10(8(2)12)11(14)15/h4-5,10H,3,6-7H2,1-2H3,(H,14,15). The highest BCUT2D eigenvalue weighted by molar-refractivity contribution is 6.16. The summed E-state index contributed by atoms with van der Waals surface area (Å²) < 4.78 is 0. The minimum absolute atomic E-state index is 0.104. The highest BCUT2D eigenvalue weighted by atomic mass is 16.4. The summed E-state index contributed by atoms with van der Waals surface area (Å²) in [4.78, 5) is 32.9. The monoisotopic (exact) mass is 212 g/mol. The highest BCUT2D eigenvalue weighted by Gasteiger charge is 2.29. The Hall–Kier alpha value is -1.45. The number of ketones is 2. The van der Waals surface area contributed by atoms with Crippen LogP contribution in [0.5, 0.6) is 0 Å². The van der Waals surface area contributed by atoms with E-state index in [1.54, 1.807) is 0 Å². The fraction of sp³-hybridized carbons (Fsp3) is 0.545. The Labute approximate surface area is 89.0 Å². The Kier molecular flexibility index (Phi) is 6.25. The molecule has 0 aromatic carbocycles. The summed E-state index contributed by atoms with van der Waals surface area (Å²) in [6, 6.07) is 0. The van der Waals surface area contributed by atoms with E-state index in [1.165, 1.54) is 0 Å². The van der Waals surface area contributed by atoms with Gasteiger partial charge < -0.3 is 5.11 Å². The first-order chi connectivity index (χ1) is 7.00. The quantitative estimate of drug-likeness (QED) is 0.514. The number of Topliss-reactive ketones (excluding diaryl/α,β-unsaturated/α-hetero) is 2. The van der Waals surface area contributed by atoms with Gasteiger partial charge in [-0.05, 0) is 19.8 Å². The molecule has 4 nitrogen and oxygen atoms in total. The molecule has 0 aromatic heterocycles. The zero-order valence-electron chi connectivity index (χ0n) is 9.03. The van der Waals surface area contributed by atoms with Gasteiger partial charge in [-0.25, -0.2) is 0 Å². The summed E-state index contributed by atoms with van der Waals surface area (Å²) in [7, 11) is 0. The molecule has 1 atom stereocenters. The van der Waals surface area contributed by atoms with E-state index in [4.69, 9.17) is 5.11 Å². The van der Waals surface area contributed by atoms with Crippen molar-refractivity contribution in [2.75, 3.05) is 0 Å². The van der Waals surface area contributed by atoms with Gasteiger partial charge in [-0.2, -0.15) is 0 Å². The predicted octanol–water partition coefficient (Wildman–Crippen LogP) is 1.59. The molecule has 0 saturated carbocycles. The van der Waals surface area contributed by atoms with Gasteiger partial charge >= 0.3 is 5.97 Å². The Bertz CT molecular complexity index is 264. The van der Waals surface area contributed by atoms with Crippen LogP contribution in [0.15, 0.2) is 12.2 Å². The molecule has 0 spiro atoms. The molecule has 4 heteroatoms. The van der Waals surface area contributed by atoms with Crippen molar-refractivity contribution < 1.29 is 19.5 Å². The van der Waals surface area contributed by atoms with Gasteiger partial charge in [0.1, 0.15) is 0 Å². The molecule has 0 heterocycles. The van der Waals surface area contributed by atoms with E-state index >= 15 is 0 Å². The Balaban J connectivity index is 4.22. The number of rotatable bonds is 7. The van der Waals surface area contributed by atoms with Crippen LogP contribution in [0.1, 0.15) is 33.1 Å². The maximum absolute atomic E-state index is 11.4. The van der Waals surface area contributed by atoms with Crippen LogP contribution in [0.3, 0.4) is 0 Å². The summed E-state index contributed by atoms with van der Waals surface area (Å²) in [5, 5.41) is 8.66. The number of aliphatic carboxylic acids is 1. The van der Waals surface area contributed by atoms with Crippen molar-refractivity contribution in [1.82, 2.24) is 0 Å². The van der Waals surface area contributed by atoms with Crippen molar-refractivity contribution in [1.29, 1.82) is 0 Å². The van der Waals surface area contributed by atoms with Gasteiger partial charge in [-0.15, -0.1) is 0 Å². The lowest BCUT2D eigenvalue weighted by atomic mass is 9.96. The lowest BCUT2D eigenvalue weighted by Crippen LogP contribution is -2.29. The van der Waals surface area contributed by atoms with Crippen LogP contribution in [0.25, 0.3) is 0 Å². The molecule has 0 rings (SSSR count). The normalized spacial score (nSPS) is 12.7. The number of carbonyl (C=O) groups is 3. The molecule has 0 aliphatic rings. The summed E-state index contributed by atoms with van der Waals surface area (Å²) in [5.41, 5.74) is 0. The number of carboxylic acid groups (broad SMARTS) is 1. The first-order valence-corrected chi connectivity index (χ1v) is 4.91. The zero-order valence-corrected chi connectivity index (χ0v) is 9.03. The van der Waals surface area contributed by atoms with Crippen molar-refractivity contribution in [3.63, 3.8) is 0 Å². The van der Waals surface area contributed by atoms with Gasteiger partial charge in [0.25, 0.3) is 0 Å². The molecule has 0 amide bonds. The van der Waals surface area contributed by atoms with Gasteiger partial charge in [0.15, 0.2) is 17.5 Å². The van der Waals surface area contributed by atoms with Crippen molar-refractivity contribution >= 4 is 17.5 Å². The van der Waals surface area contributed by atoms with Crippen LogP contribution in [-0.4, -0.2) is 22.6 Å². The average Bonchev–Trinajstić information content (AvgIpc) is 2.11. The number of hydrogen-bond acceptors (Lipinski definition) is 3. The molecular weight excluding hydrogens is 196 g/mol. The molecule has 0 fully saturated rings. The molecular formula is C11H16O4. The summed E-state index contributed by atoms with van der Waals surface area (Å²) in [5.74, 6) is -3.96. The third-order valence-corrected chi connectivity index (χ3v) is 1.94. The molecule has 1 unspecified atom stereocenters. The molecule has 0 aliphatic heterocycles. The number of allylic oxidation sites excluding steroid dienone is 2. The maximum atomic E-state index is 11.4. The van der Waals surface area contributed by atoms with Crippen LogP contribution in [0, 0.1) is 5.92 Å². The molecule has 1 N–H and O–H groups in total. The van der Waals surface area contributed by atoms with Crippen LogP contribution >= 0.6 is 0 Å². The van der Waals surface area contributed by atoms with Crippen molar-refractivity contribution in [3.8, 4) is 0 Å². The van der Waals surface area contributed by atoms with Crippen molar-refractivity contribution in [2.24, 2.45) is 5.92 Å². The smallest absolute Gasteiger partial charge is 0.321 e. The van der Waals surface area contributed by atoms with Crippen LogP contribution in [0.4, 0.5) is 0 Å². The van der Waals surface area contributed by atoms with E-state index in [2.05, 4.69) is 0 Å². The van der Waals surface area contributed by atoms with Crippen molar-refractivity contribution in [2.45, 2.75) is 33.1 Å². The molecule has 0 aromatic rings. The van der Waals surface area contributed by atoms with Gasteiger partial charge in [0.2, 0.25) is 0 Å². The van der Waals surface area contributed by atoms with Gasteiger partial charge in [0.05, 0.1) is 0 Å². The van der Waals surface area contributed by atoms with E-state index in [0.29, 0.717) is 6.42 Å². The molecule has 0 aliphatic carbocycles. The lowest BCUT2D eigenvalue weighted by molar-refractivity contribution is -0.149. The van der Waals surface area contributed by atoms with Crippen molar-refractivity contribution in [3.05, 3.63) is 12.2 Å². The average molecular weight is 212 g/mol. The second-order valence-corrected chi connectivity index (χ2v) is 3.27. The number of carbonyl (C=O) groups excluding carboxylic acids is 2. The third kappa shape index (κ3) is 5.10. The fourth-order valence-electron chi connectivity index (χ4n) is 1.19. The Morgan fingerprint density at radius 2 is 1.87 bits per heavy atom. The topological polar surface area (TPSA) is 71.4 Å². The first kappa shape index (κ1) is 13.5. The summed E-state index contributed by atoms with van der Waals surface area (Å²) in [6.45, 7) is 3.09. The fourth-order valence-corrected chi connectivity index (χ4v) is 1.19. The lowest BCUT2D eigenvalue weighted by Gasteiger charge is -2.05. The van der Waals surface area contributed by atoms with Crippen LogP contribution in [-0.2, 0) is 14.4 Å². The van der Waals surface area contributed by atoms with E-state index in [0.717, 1.165) is 13.3 Å². The highest BCUT2D eigenvalue weighted by Crippen LogP contribution is 2.06. The molecule has 0 saturated heterocycles. The summed E-state index contributed by atoms with van der Waals surface area (Å²) >= 11 is 0. The van der Waals surface area contributed by atoms with Gasteiger partial charge in [-0.3, -0.25) is 14.4 Å². The van der Waals surface area contributed by atoms with E-state index < -0.39 is 23.5 Å². The second kappa shape index (κ2) is 6.92. The summed E-state index contributed by atoms with van der Waals surface area (Å²) in [6.07, 6.45) is 5.19.